The molecule has 2 aromatic carbocycles. The lowest BCUT2D eigenvalue weighted by Crippen LogP contribution is -2.27. The molecule has 0 saturated carbocycles. The van der Waals surface area contributed by atoms with Crippen LogP contribution in [0.15, 0.2) is 54.9 Å². The van der Waals surface area contributed by atoms with E-state index in [0.717, 1.165) is 53.3 Å². The second kappa shape index (κ2) is 7.72. The van der Waals surface area contributed by atoms with E-state index in [0.29, 0.717) is 6.61 Å². The molecular weight excluding hydrogens is 338 g/mol. The Morgan fingerprint density at radius 1 is 0.963 bits per heavy atom. The second-order valence-electron chi connectivity index (χ2n) is 6.38. The molecular formula is C21H23N5O. The zero-order valence-corrected chi connectivity index (χ0v) is 15.7. The van der Waals surface area contributed by atoms with Crippen molar-refractivity contribution < 1.29 is 4.74 Å². The number of rotatable bonds is 7. The molecule has 27 heavy (non-hydrogen) atoms. The van der Waals surface area contributed by atoms with Gasteiger partial charge in [0.05, 0.1) is 5.52 Å². The fourth-order valence-electron chi connectivity index (χ4n) is 3.21. The van der Waals surface area contributed by atoms with Gasteiger partial charge in [0.15, 0.2) is 11.5 Å². The van der Waals surface area contributed by atoms with Gasteiger partial charge in [0.1, 0.15) is 18.7 Å². The van der Waals surface area contributed by atoms with Gasteiger partial charge in [0.2, 0.25) is 0 Å². The number of hydrogen-bond acceptors (Lipinski definition) is 5. The van der Waals surface area contributed by atoms with Crippen LogP contribution in [-0.4, -0.2) is 50.7 Å². The highest BCUT2D eigenvalue weighted by molar-refractivity contribution is 5.91. The summed E-state index contributed by atoms with van der Waals surface area (Å²) in [6.45, 7) is 8.04. The first kappa shape index (κ1) is 17.4. The summed E-state index contributed by atoms with van der Waals surface area (Å²) in [7, 11) is 0. The third-order valence-corrected chi connectivity index (χ3v) is 4.84. The van der Waals surface area contributed by atoms with Crippen LogP contribution in [0, 0.1) is 0 Å². The van der Waals surface area contributed by atoms with E-state index in [4.69, 9.17) is 4.74 Å². The monoisotopic (exact) mass is 361 g/mol. The molecule has 0 unspecified atom stereocenters. The summed E-state index contributed by atoms with van der Waals surface area (Å²) < 4.78 is 7.79. The van der Waals surface area contributed by atoms with Gasteiger partial charge in [-0.05, 0) is 49.5 Å². The molecule has 6 nitrogen and oxygen atoms in total. The number of para-hydroxylation sites is 1. The Bertz CT molecular complexity index is 1040. The molecule has 0 aliphatic rings. The molecule has 0 amide bonds. The quantitative estimate of drug-likeness (QED) is 0.503. The number of nitrogens with zero attached hydrogens (tertiary/aromatic N) is 5. The molecule has 0 saturated heterocycles. The Kier molecular flexibility index (Phi) is 4.98. The average molecular weight is 361 g/mol. The minimum absolute atomic E-state index is 0.685. The number of likely N-dealkylation sites (N-methyl/N-ethyl adjacent to an activating group) is 1. The molecule has 0 bridgehead atoms. The van der Waals surface area contributed by atoms with E-state index in [-0.39, 0.29) is 0 Å². The van der Waals surface area contributed by atoms with Crippen molar-refractivity contribution in [1.29, 1.82) is 0 Å². The lowest BCUT2D eigenvalue weighted by atomic mass is 10.2. The molecule has 6 heteroatoms. The van der Waals surface area contributed by atoms with Gasteiger partial charge in [0, 0.05) is 17.5 Å². The largest absolute Gasteiger partial charge is 0.492 e. The zero-order valence-electron chi connectivity index (χ0n) is 15.7. The van der Waals surface area contributed by atoms with Crippen molar-refractivity contribution in [1.82, 2.24) is 24.5 Å². The molecule has 0 spiro atoms. The van der Waals surface area contributed by atoms with E-state index in [1.54, 1.807) is 6.33 Å². The molecule has 0 aliphatic heterocycles. The Labute approximate surface area is 158 Å². The van der Waals surface area contributed by atoms with Crippen LogP contribution in [0.2, 0.25) is 0 Å². The minimum Gasteiger partial charge on any atom is -0.492 e. The molecule has 0 radical (unpaired) electrons. The summed E-state index contributed by atoms with van der Waals surface area (Å²) in [6, 6.07) is 15.9. The third-order valence-electron chi connectivity index (χ3n) is 4.84. The Morgan fingerprint density at radius 2 is 1.74 bits per heavy atom. The number of ether oxygens (including phenoxy) is 1. The van der Waals surface area contributed by atoms with E-state index in [9.17, 15) is 0 Å². The first-order valence-electron chi connectivity index (χ1n) is 9.34. The van der Waals surface area contributed by atoms with Crippen LogP contribution >= 0.6 is 0 Å². The van der Waals surface area contributed by atoms with Crippen molar-refractivity contribution >= 4 is 16.6 Å². The molecule has 2 heterocycles. The molecule has 138 valence electrons. The van der Waals surface area contributed by atoms with Gasteiger partial charge in [-0.25, -0.2) is 4.98 Å². The topological polar surface area (TPSA) is 55.5 Å². The van der Waals surface area contributed by atoms with E-state index < -0.39 is 0 Å². The first-order valence-corrected chi connectivity index (χ1v) is 9.34. The highest BCUT2D eigenvalue weighted by atomic mass is 16.5. The summed E-state index contributed by atoms with van der Waals surface area (Å²) in [5.41, 5.74) is 2.71. The third kappa shape index (κ3) is 3.48. The van der Waals surface area contributed by atoms with E-state index in [2.05, 4.69) is 33.9 Å². The molecule has 0 N–H and O–H groups in total. The highest BCUT2D eigenvalue weighted by Crippen LogP contribution is 2.24. The van der Waals surface area contributed by atoms with E-state index in [1.165, 1.54) is 0 Å². The molecule has 0 fully saturated rings. The van der Waals surface area contributed by atoms with Gasteiger partial charge >= 0.3 is 0 Å². The summed E-state index contributed by atoms with van der Waals surface area (Å²) in [6.07, 6.45) is 1.78. The molecule has 0 atom stereocenters. The van der Waals surface area contributed by atoms with Crippen LogP contribution in [0.3, 0.4) is 0 Å². The zero-order chi connectivity index (χ0) is 18.6. The maximum Gasteiger partial charge on any atom is 0.171 e. The lowest BCUT2D eigenvalue weighted by Gasteiger charge is -2.18. The second-order valence-corrected chi connectivity index (χ2v) is 6.38. The van der Waals surface area contributed by atoms with E-state index >= 15 is 0 Å². The van der Waals surface area contributed by atoms with Crippen molar-refractivity contribution in [2.45, 2.75) is 13.8 Å². The minimum atomic E-state index is 0.685. The van der Waals surface area contributed by atoms with Gasteiger partial charge in [-0.1, -0.05) is 26.0 Å². The van der Waals surface area contributed by atoms with Crippen LogP contribution in [0.1, 0.15) is 13.8 Å². The maximum absolute atomic E-state index is 5.86. The predicted molar refractivity (Wildman–Crippen MR) is 107 cm³/mol. The van der Waals surface area contributed by atoms with Gasteiger partial charge in [-0.2, -0.15) is 0 Å². The number of hydrogen-bond donors (Lipinski definition) is 0. The highest BCUT2D eigenvalue weighted by Gasteiger charge is 2.11. The van der Waals surface area contributed by atoms with E-state index in [1.807, 2.05) is 52.9 Å². The summed E-state index contributed by atoms with van der Waals surface area (Å²) in [4.78, 5) is 6.85. The summed E-state index contributed by atoms with van der Waals surface area (Å²) in [5, 5.41) is 9.74. The maximum atomic E-state index is 5.86. The normalized spacial score (nSPS) is 11.5. The van der Waals surface area contributed by atoms with Gasteiger partial charge in [-0.15, -0.1) is 10.2 Å². The predicted octanol–water partition coefficient (Wildman–Crippen LogP) is 3.67. The first-order chi connectivity index (χ1) is 13.3. The number of aromatic nitrogens is 4. The van der Waals surface area contributed by atoms with Gasteiger partial charge in [-0.3, -0.25) is 4.40 Å². The van der Waals surface area contributed by atoms with Crippen molar-refractivity contribution in [2.24, 2.45) is 0 Å². The number of benzene rings is 2. The molecule has 0 aliphatic carbocycles. The average Bonchev–Trinajstić information content (AvgIpc) is 3.16. The van der Waals surface area contributed by atoms with Crippen LogP contribution < -0.4 is 4.74 Å². The van der Waals surface area contributed by atoms with Gasteiger partial charge < -0.3 is 9.64 Å². The SMILES string of the molecule is CCN(CC)CCOc1ccc(-c2nnc3c4ccccc4ncn23)cc1. The van der Waals surface area contributed by atoms with Crippen molar-refractivity contribution in [2.75, 3.05) is 26.2 Å². The number of fused-ring (bicyclic) bond motifs is 3. The smallest absolute Gasteiger partial charge is 0.171 e. The standard InChI is InChI=1S/C21H23N5O/c1-3-25(4-2)13-14-27-17-11-9-16(10-12-17)20-23-24-21-18-7-5-6-8-19(18)22-15-26(20)21/h5-12,15H,3-4,13-14H2,1-2H3. The fourth-order valence-corrected chi connectivity index (χ4v) is 3.21. The van der Waals surface area contributed by atoms with Crippen molar-refractivity contribution in [3.8, 4) is 17.1 Å². The van der Waals surface area contributed by atoms with Gasteiger partial charge in [0.25, 0.3) is 0 Å². The van der Waals surface area contributed by atoms with Crippen LogP contribution in [0.25, 0.3) is 27.9 Å². The molecule has 4 rings (SSSR count). The van der Waals surface area contributed by atoms with Crippen LogP contribution in [0.5, 0.6) is 5.75 Å². The van der Waals surface area contributed by atoms with Crippen LogP contribution in [0.4, 0.5) is 0 Å². The summed E-state index contributed by atoms with van der Waals surface area (Å²) >= 11 is 0. The fraction of sp³-hybridized carbons (Fsp3) is 0.286. The van der Waals surface area contributed by atoms with Crippen LogP contribution in [-0.2, 0) is 0 Å². The lowest BCUT2D eigenvalue weighted by molar-refractivity contribution is 0.223. The molecule has 2 aromatic heterocycles. The van der Waals surface area contributed by atoms with Crippen molar-refractivity contribution in [3.63, 3.8) is 0 Å². The van der Waals surface area contributed by atoms with Crippen molar-refractivity contribution in [3.05, 3.63) is 54.9 Å². The Morgan fingerprint density at radius 3 is 2.52 bits per heavy atom. The Hall–Kier alpha value is -2.99. The summed E-state index contributed by atoms with van der Waals surface area (Å²) in [5.74, 6) is 1.64. The molecule has 4 aromatic rings. The Balaban J connectivity index is 1.55.